The van der Waals surface area contributed by atoms with E-state index < -0.39 is 10.0 Å². The number of benzene rings is 1. The van der Waals surface area contributed by atoms with Crippen molar-refractivity contribution in [2.24, 2.45) is 0 Å². The lowest BCUT2D eigenvalue weighted by atomic mass is 10.2. The third-order valence-electron chi connectivity index (χ3n) is 3.80. The molecule has 1 N–H and O–H groups in total. The lowest BCUT2D eigenvalue weighted by molar-refractivity contribution is 0.293. The highest BCUT2D eigenvalue weighted by Crippen LogP contribution is 2.21. The first-order valence-electron chi connectivity index (χ1n) is 7.81. The summed E-state index contributed by atoms with van der Waals surface area (Å²) < 4.78 is 28.5. The Morgan fingerprint density at radius 2 is 1.91 bits per heavy atom. The van der Waals surface area contributed by atoms with Gasteiger partial charge in [-0.1, -0.05) is 35.8 Å². The molecule has 0 fully saturated rings. The first-order chi connectivity index (χ1) is 10.3. The zero-order valence-corrected chi connectivity index (χ0v) is 16.3. The molecule has 0 aliphatic heterocycles. The number of nitrogens with one attached hydrogen (secondary N) is 1. The van der Waals surface area contributed by atoms with Crippen LogP contribution >= 0.6 is 15.9 Å². The number of hydrogen-bond acceptors (Lipinski definition) is 3. The summed E-state index contributed by atoms with van der Waals surface area (Å²) in [5, 5.41) is 0. The van der Waals surface area contributed by atoms with E-state index in [2.05, 4.69) is 39.4 Å². The minimum atomic E-state index is -3.47. The summed E-state index contributed by atoms with van der Waals surface area (Å²) in [5.41, 5.74) is 0.756. The van der Waals surface area contributed by atoms with Gasteiger partial charge >= 0.3 is 0 Å². The zero-order chi connectivity index (χ0) is 16.8. The summed E-state index contributed by atoms with van der Waals surface area (Å²) in [6.07, 6.45) is 1.83. The second kappa shape index (κ2) is 9.01. The maximum atomic E-state index is 12.5. The number of rotatable bonds is 9. The molecule has 4 nitrogen and oxygen atoms in total. The van der Waals surface area contributed by atoms with Crippen LogP contribution in [0.4, 0.5) is 0 Å². The van der Waals surface area contributed by atoms with Crippen LogP contribution in [0.3, 0.4) is 0 Å². The van der Waals surface area contributed by atoms with Crippen molar-refractivity contribution in [1.82, 2.24) is 9.62 Å². The average molecular weight is 391 g/mol. The van der Waals surface area contributed by atoms with Gasteiger partial charge < -0.3 is 4.90 Å². The minimum Gasteiger partial charge on any atom is -0.304 e. The normalized spacial score (nSPS) is 13.5. The predicted octanol–water partition coefficient (Wildman–Crippen LogP) is 3.55. The number of nitrogens with zero attached hydrogens (tertiary/aromatic N) is 1. The van der Waals surface area contributed by atoms with E-state index in [-0.39, 0.29) is 6.04 Å². The molecular formula is C16H27BrN2O2S. The molecule has 0 aliphatic carbocycles. The first kappa shape index (κ1) is 19.6. The molecule has 0 bridgehead atoms. The molecule has 1 atom stereocenters. The predicted molar refractivity (Wildman–Crippen MR) is 95.7 cm³/mol. The quantitative estimate of drug-likeness (QED) is 0.701. The Bertz CT molecular complexity index is 572. The van der Waals surface area contributed by atoms with E-state index in [0.29, 0.717) is 4.90 Å². The van der Waals surface area contributed by atoms with Crippen LogP contribution in [-0.4, -0.2) is 39.0 Å². The fourth-order valence-corrected chi connectivity index (χ4v) is 4.47. The number of halogens is 1. The Hall–Kier alpha value is -0.430. The van der Waals surface area contributed by atoms with Gasteiger partial charge in [-0.2, -0.15) is 0 Å². The Kier molecular flexibility index (Phi) is 8.03. The molecular weight excluding hydrogens is 364 g/mol. The molecule has 0 aromatic heterocycles. The Balaban J connectivity index is 2.62. The lowest BCUT2D eigenvalue weighted by Crippen LogP contribution is -2.34. The summed E-state index contributed by atoms with van der Waals surface area (Å²) in [6, 6.07) is 5.24. The van der Waals surface area contributed by atoms with Gasteiger partial charge in [0.1, 0.15) is 0 Å². The van der Waals surface area contributed by atoms with Crippen LogP contribution in [0.1, 0.15) is 39.2 Å². The summed E-state index contributed by atoms with van der Waals surface area (Å²) >= 11 is 3.33. The van der Waals surface area contributed by atoms with Gasteiger partial charge in [0.15, 0.2) is 0 Å². The van der Waals surface area contributed by atoms with Gasteiger partial charge in [0.25, 0.3) is 0 Å². The standard InChI is InChI=1S/C16H27BrN2O2S/c1-5-19(6-2)11-7-8-14(4)18-22(20,21)16-12-15(17)10-9-13(16)3/h9-10,12,14,18H,5-8,11H2,1-4H3/t14-/m0/s1. The van der Waals surface area contributed by atoms with Crippen molar-refractivity contribution >= 4 is 26.0 Å². The third-order valence-corrected chi connectivity index (χ3v) is 6.03. The highest BCUT2D eigenvalue weighted by Gasteiger charge is 2.19. The Labute approximate surface area is 143 Å². The monoisotopic (exact) mass is 390 g/mol. The van der Waals surface area contributed by atoms with Gasteiger partial charge in [0.2, 0.25) is 10.0 Å². The van der Waals surface area contributed by atoms with Gasteiger partial charge in [0.05, 0.1) is 4.90 Å². The summed E-state index contributed by atoms with van der Waals surface area (Å²) in [4.78, 5) is 2.69. The molecule has 126 valence electrons. The van der Waals surface area contributed by atoms with Crippen LogP contribution in [0, 0.1) is 6.92 Å². The van der Waals surface area contributed by atoms with E-state index in [1.807, 2.05) is 26.0 Å². The molecule has 1 aromatic rings. The molecule has 0 heterocycles. The lowest BCUT2D eigenvalue weighted by Gasteiger charge is -2.20. The molecule has 0 unspecified atom stereocenters. The second-order valence-electron chi connectivity index (χ2n) is 5.60. The van der Waals surface area contributed by atoms with Crippen molar-refractivity contribution in [3.05, 3.63) is 28.2 Å². The highest BCUT2D eigenvalue weighted by molar-refractivity contribution is 9.10. The van der Waals surface area contributed by atoms with Crippen molar-refractivity contribution in [2.75, 3.05) is 19.6 Å². The van der Waals surface area contributed by atoms with E-state index in [9.17, 15) is 8.42 Å². The van der Waals surface area contributed by atoms with E-state index in [1.165, 1.54) is 0 Å². The largest absolute Gasteiger partial charge is 0.304 e. The topological polar surface area (TPSA) is 49.4 Å². The SMILES string of the molecule is CCN(CC)CCC[C@H](C)NS(=O)(=O)c1cc(Br)ccc1C. The van der Waals surface area contributed by atoms with E-state index in [0.717, 1.165) is 42.5 Å². The molecule has 22 heavy (non-hydrogen) atoms. The number of sulfonamides is 1. The highest BCUT2D eigenvalue weighted by atomic mass is 79.9. The Morgan fingerprint density at radius 1 is 1.27 bits per heavy atom. The van der Waals surface area contributed by atoms with E-state index in [4.69, 9.17) is 0 Å². The molecule has 1 rings (SSSR count). The van der Waals surface area contributed by atoms with Gasteiger partial charge in [-0.05, 0) is 64.0 Å². The molecule has 1 aromatic carbocycles. The van der Waals surface area contributed by atoms with Crippen LogP contribution in [-0.2, 0) is 10.0 Å². The van der Waals surface area contributed by atoms with Gasteiger partial charge in [-0.15, -0.1) is 0 Å². The molecule has 0 amide bonds. The molecule has 0 spiro atoms. The summed E-state index contributed by atoms with van der Waals surface area (Å²) in [5.74, 6) is 0. The molecule has 0 aliphatic rings. The first-order valence-corrected chi connectivity index (χ1v) is 10.1. The minimum absolute atomic E-state index is 0.0704. The van der Waals surface area contributed by atoms with Crippen molar-refractivity contribution < 1.29 is 8.42 Å². The fraction of sp³-hybridized carbons (Fsp3) is 0.625. The van der Waals surface area contributed by atoms with Gasteiger partial charge in [0, 0.05) is 10.5 Å². The summed E-state index contributed by atoms with van der Waals surface area (Å²) in [7, 11) is -3.47. The third kappa shape index (κ3) is 5.99. The van der Waals surface area contributed by atoms with Crippen LogP contribution in [0.5, 0.6) is 0 Å². The van der Waals surface area contributed by atoms with Gasteiger partial charge in [-0.25, -0.2) is 13.1 Å². The Morgan fingerprint density at radius 3 is 2.50 bits per heavy atom. The maximum absolute atomic E-state index is 12.5. The van der Waals surface area contributed by atoms with E-state index in [1.54, 1.807) is 6.07 Å². The fourth-order valence-electron chi connectivity index (χ4n) is 2.41. The summed E-state index contributed by atoms with van der Waals surface area (Å²) in [6.45, 7) is 11.1. The zero-order valence-electron chi connectivity index (χ0n) is 13.9. The molecule has 6 heteroatoms. The average Bonchev–Trinajstić information content (AvgIpc) is 2.45. The van der Waals surface area contributed by atoms with Gasteiger partial charge in [-0.3, -0.25) is 0 Å². The van der Waals surface area contributed by atoms with Crippen molar-refractivity contribution in [3.8, 4) is 0 Å². The van der Waals surface area contributed by atoms with Crippen LogP contribution in [0.2, 0.25) is 0 Å². The second-order valence-corrected chi connectivity index (χ2v) is 8.20. The maximum Gasteiger partial charge on any atom is 0.241 e. The van der Waals surface area contributed by atoms with Crippen LogP contribution in [0.25, 0.3) is 0 Å². The molecule has 0 radical (unpaired) electrons. The van der Waals surface area contributed by atoms with Crippen molar-refractivity contribution in [3.63, 3.8) is 0 Å². The molecule has 0 saturated carbocycles. The number of hydrogen-bond donors (Lipinski definition) is 1. The molecule has 0 saturated heterocycles. The number of aryl methyl sites for hydroxylation is 1. The van der Waals surface area contributed by atoms with Crippen LogP contribution in [0.15, 0.2) is 27.6 Å². The van der Waals surface area contributed by atoms with Crippen molar-refractivity contribution in [1.29, 1.82) is 0 Å². The van der Waals surface area contributed by atoms with E-state index >= 15 is 0 Å². The smallest absolute Gasteiger partial charge is 0.241 e. The van der Waals surface area contributed by atoms with Crippen LogP contribution < -0.4 is 4.72 Å². The van der Waals surface area contributed by atoms with Crippen molar-refractivity contribution in [2.45, 2.75) is 51.5 Å².